The van der Waals surface area contributed by atoms with E-state index in [4.69, 9.17) is 0 Å². The molecule has 0 spiro atoms. The predicted molar refractivity (Wildman–Crippen MR) is 103 cm³/mol. The molecule has 0 saturated heterocycles. The maximum atomic E-state index is 13.0. The second-order valence-corrected chi connectivity index (χ2v) is 7.60. The highest BCUT2D eigenvalue weighted by Gasteiger charge is 2.33. The van der Waals surface area contributed by atoms with Gasteiger partial charge in [-0.25, -0.2) is 5.01 Å². The topological polar surface area (TPSA) is 49.7 Å². The highest BCUT2D eigenvalue weighted by molar-refractivity contribution is 8.19. The Balaban J connectivity index is 1.82. The molecule has 0 radical (unpaired) electrons. The van der Waals surface area contributed by atoms with Crippen LogP contribution in [-0.2, 0) is 4.79 Å². The quantitative estimate of drug-likeness (QED) is 0.740. The molecule has 0 atom stereocenters. The zero-order valence-corrected chi connectivity index (χ0v) is 15.1. The van der Waals surface area contributed by atoms with Gasteiger partial charge in [0.25, 0.3) is 0 Å². The number of hydrogen-bond acceptors (Lipinski definition) is 6. The van der Waals surface area contributed by atoms with Gasteiger partial charge in [0.2, 0.25) is 0 Å². The zero-order valence-electron chi connectivity index (χ0n) is 13.4. The molecule has 6 heteroatoms. The van der Waals surface area contributed by atoms with Crippen molar-refractivity contribution in [1.82, 2.24) is 0 Å². The molecule has 0 fully saturated rings. The van der Waals surface area contributed by atoms with Crippen LogP contribution in [0.1, 0.15) is 17.3 Å². The largest absolute Gasteiger partial charge is 0.292 e. The van der Waals surface area contributed by atoms with Crippen LogP contribution in [0.4, 0.5) is 5.69 Å². The van der Waals surface area contributed by atoms with Gasteiger partial charge in [0.1, 0.15) is 5.03 Å². The van der Waals surface area contributed by atoms with Gasteiger partial charge in [0, 0.05) is 28.7 Å². The van der Waals surface area contributed by atoms with E-state index in [0.717, 1.165) is 15.6 Å². The van der Waals surface area contributed by atoms with Gasteiger partial charge in [0.05, 0.1) is 5.69 Å². The summed E-state index contributed by atoms with van der Waals surface area (Å²) in [4.78, 5) is 25.8. The van der Waals surface area contributed by atoms with Crippen LogP contribution in [0.5, 0.6) is 0 Å². The first-order valence-electron chi connectivity index (χ1n) is 7.77. The van der Waals surface area contributed by atoms with Crippen molar-refractivity contribution in [2.24, 2.45) is 5.10 Å². The monoisotopic (exact) mass is 366 g/mol. The van der Waals surface area contributed by atoms with Crippen molar-refractivity contribution in [3.8, 4) is 0 Å². The van der Waals surface area contributed by atoms with Gasteiger partial charge in [-0.05, 0) is 36.0 Å². The molecule has 25 heavy (non-hydrogen) atoms. The summed E-state index contributed by atoms with van der Waals surface area (Å²) < 4.78 is 0. The number of para-hydroxylation sites is 1. The Morgan fingerprint density at radius 2 is 1.80 bits per heavy atom. The van der Waals surface area contributed by atoms with Crippen LogP contribution in [0.15, 0.2) is 75.2 Å². The number of carbonyl (C=O) groups excluding carboxylic acids is 2. The SMILES string of the molecule is CC(=O)C1=NN(c2ccccc2)/C(=C2\CSc3ccccc3C2=O)S1. The van der Waals surface area contributed by atoms with Crippen LogP contribution in [0.3, 0.4) is 0 Å². The lowest BCUT2D eigenvalue weighted by atomic mass is 10.0. The van der Waals surface area contributed by atoms with Crippen LogP contribution < -0.4 is 5.01 Å². The van der Waals surface area contributed by atoms with E-state index in [9.17, 15) is 9.59 Å². The molecule has 4 rings (SSSR count). The van der Waals surface area contributed by atoms with Crippen LogP contribution in [0, 0.1) is 0 Å². The van der Waals surface area contributed by atoms with Gasteiger partial charge in [-0.15, -0.1) is 11.8 Å². The van der Waals surface area contributed by atoms with E-state index in [1.54, 1.807) is 16.8 Å². The third-order valence-corrected chi connectivity index (χ3v) is 6.19. The lowest BCUT2D eigenvalue weighted by Crippen LogP contribution is -2.19. The van der Waals surface area contributed by atoms with Crippen molar-refractivity contribution in [1.29, 1.82) is 0 Å². The van der Waals surface area contributed by atoms with Crippen LogP contribution in [0.2, 0.25) is 0 Å². The maximum Gasteiger partial charge on any atom is 0.193 e. The van der Waals surface area contributed by atoms with E-state index in [1.165, 1.54) is 18.7 Å². The number of hydrazone groups is 1. The third-order valence-electron chi connectivity index (χ3n) is 3.91. The summed E-state index contributed by atoms with van der Waals surface area (Å²) in [6.07, 6.45) is 0. The molecule has 2 aromatic carbocycles. The lowest BCUT2D eigenvalue weighted by molar-refractivity contribution is -0.110. The standard InChI is InChI=1S/C19H14N2O2S2/c1-12(22)18-20-21(13-7-3-2-4-8-13)19(25-18)15-11-24-16-10-6-5-9-14(16)17(15)23/h2-10H,11H2,1H3/b19-15-. The molecule has 2 aliphatic rings. The Morgan fingerprint density at radius 3 is 2.56 bits per heavy atom. The van der Waals surface area contributed by atoms with E-state index in [2.05, 4.69) is 5.10 Å². The fourth-order valence-corrected chi connectivity index (χ4v) is 4.80. The summed E-state index contributed by atoms with van der Waals surface area (Å²) in [6, 6.07) is 17.2. The summed E-state index contributed by atoms with van der Waals surface area (Å²) in [5, 5.41) is 7.29. The van der Waals surface area contributed by atoms with Crippen molar-refractivity contribution in [2.75, 3.05) is 10.8 Å². The molecular formula is C19H14N2O2S2. The highest BCUT2D eigenvalue weighted by atomic mass is 32.2. The van der Waals surface area contributed by atoms with E-state index < -0.39 is 0 Å². The molecule has 0 amide bonds. The number of anilines is 1. The van der Waals surface area contributed by atoms with Gasteiger partial charge in [-0.3, -0.25) is 9.59 Å². The number of nitrogens with zero attached hydrogens (tertiary/aromatic N) is 2. The van der Waals surface area contributed by atoms with Crippen molar-refractivity contribution in [2.45, 2.75) is 11.8 Å². The Labute approximate surface area is 154 Å². The normalized spacial score (nSPS) is 19.6. The number of hydrogen-bond donors (Lipinski definition) is 0. The number of rotatable bonds is 2. The summed E-state index contributed by atoms with van der Waals surface area (Å²) in [5.41, 5.74) is 2.24. The van der Waals surface area contributed by atoms with Gasteiger partial charge >= 0.3 is 0 Å². The fraction of sp³-hybridized carbons (Fsp3) is 0.105. The summed E-state index contributed by atoms with van der Waals surface area (Å²) in [6.45, 7) is 1.50. The number of ketones is 2. The Morgan fingerprint density at radius 1 is 1.08 bits per heavy atom. The summed E-state index contributed by atoms with van der Waals surface area (Å²) in [7, 11) is 0. The highest BCUT2D eigenvalue weighted by Crippen LogP contribution is 2.42. The van der Waals surface area contributed by atoms with E-state index >= 15 is 0 Å². The number of thioether (sulfide) groups is 2. The Kier molecular flexibility index (Phi) is 4.23. The predicted octanol–water partition coefficient (Wildman–Crippen LogP) is 4.34. The molecule has 0 aromatic heterocycles. The van der Waals surface area contributed by atoms with Gasteiger partial charge in [0.15, 0.2) is 16.6 Å². The molecule has 2 aliphatic heterocycles. The van der Waals surface area contributed by atoms with E-state index in [0.29, 0.717) is 21.9 Å². The summed E-state index contributed by atoms with van der Waals surface area (Å²) in [5.74, 6) is 0.484. The lowest BCUT2D eigenvalue weighted by Gasteiger charge is -2.22. The van der Waals surface area contributed by atoms with Gasteiger partial charge < -0.3 is 0 Å². The molecule has 124 valence electrons. The van der Waals surface area contributed by atoms with Crippen molar-refractivity contribution in [3.05, 3.63) is 70.8 Å². The van der Waals surface area contributed by atoms with Crippen LogP contribution in [-0.4, -0.2) is 22.4 Å². The minimum Gasteiger partial charge on any atom is -0.292 e. The third kappa shape index (κ3) is 2.92. The van der Waals surface area contributed by atoms with Gasteiger partial charge in [-0.2, -0.15) is 5.10 Å². The van der Waals surface area contributed by atoms with E-state index in [-0.39, 0.29) is 11.6 Å². The molecule has 0 saturated carbocycles. The molecule has 2 heterocycles. The number of fused-ring (bicyclic) bond motifs is 1. The molecular weight excluding hydrogens is 352 g/mol. The first kappa shape index (κ1) is 16.2. The second kappa shape index (κ2) is 6.54. The average Bonchev–Trinajstić information content (AvgIpc) is 3.08. The first-order valence-corrected chi connectivity index (χ1v) is 9.57. The molecule has 0 aliphatic carbocycles. The van der Waals surface area contributed by atoms with Crippen molar-refractivity contribution < 1.29 is 9.59 Å². The zero-order chi connectivity index (χ0) is 17.4. The molecule has 0 N–H and O–H groups in total. The first-order chi connectivity index (χ1) is 12.1. The Hall–Kier alpha value is -2.31. The number of carbonyl (C=O) groups is 2. The minimum atomic E-state index is -0.0992. The summed E-state index contributed by atoms with van der Waals surface area (Å²) >= 11 is 2.92. The van der Waals surface area contributed by atoms with Crippen LogP contribution >= 0.6 is 23.5 Å². The van der Waals surface area contributed by atoms with Crippen LogP contribution in [0.25, 0.3) is 0 Å². The molecule has 4 nitrogen and oxygen atoms in total. The molecule has 2 aromatic rings. The van der Waals surface area contributed by atoms with E-state index in [1.807, 2.05) is 54.6 Å². The number of benzene rings is 2. The second-order valence-electron chi connectivity index (χ2n) is 5.61. The smallest absolute Gasteiger partial charge is 0.193 e. The molecule has 0 unspecified atom stereocenters. The maximum absolute atomic E-state index is 13.0. The fourth-order valence-electron chi connectivity index (χ4n) is 2.68. The van der Waals surface area contributed by atoms with Crippen molar-refractivity contribution >= 4 is 45.8 Å². The van der Waals surface area contributed by atoms with Gasteiger partial charge in [-0.1, -0.05) is 30.3 Å². The average molecular weight is 366 g/mol. The van der Waals surface area contributed by atoms with Crippen molar-refractivity contribution in [3.63, 3.8) is 0 Å². The minimum absolute atomic E-state index is 0.0118. The number of Topliss-reactive ketones (excluding diaryl/α,β-unsaturated/α-hetero) is 2. The Bertz CT molecular complexity index is 935. The molecule has 0 bridgehead atoms.